The molecule has 0 bridgehead atoms. The topological polar surface area (TPSA) is 57.0 Å². The fraction of sp³-hybridized carbons (Fsp3) is 0.222. The lowest BCUT2D eigenvalue weighted by atomic mass is 9.83. The van der Waals surface area contributed by atoms with E-state index in [-0.39, 0.29) is 22.2 Å². The first-order valence-electron chi connectivity index (χ1n) is 21.0. The lowest BCUT2D eigenvalue weighted by molar-refractivity contribution is 0.338. The maximum Gasteiger partial charge on any atom is 0.138 e. The number of rotatable bonds is 6. The SMILES string of the molecule is CC1(C)N=C(c2ccc(-c3ccc4c5ccc(-c6ccc(C7=NC(C)(C)C(C)(C)N7c7ccccc7)cn6)cc5c5ccccc5c4c3)nc2)N(c2ccccc2)C1(C)C. The highest BCUT2D eigenvalue weighted by Gasteiger charge is 2.51. The Bertz CT molecular complexity index is 2790. The van der Waals surface area contributed by atoms with Gasteiger partial charge in [0.1, 0.15) is 11.7 Å². The number of hydrogen-bond acceptors (Lipinski definition) is 6. The van der Waals surface area contributed by atoms with E-state index in [0.29, 0.717) is 0 Å². The Morgan fingerprint density at radius 2 is 0.700 bits per heavy atom. The molecule has 0 unspecified atom stereocenters. The number of nitrogens with zero attached hydrogens (tertiary/aromatic N) is 6. The lowest BCUT2D eigenvalue weighted by Crippen LogP contribution is -2.53. The molecule has 0 spiro atoms. The van der Waals surface area contributed by atoms with Crippen LogP contribution in [0.5, 0.6) is 0 Å². The van der Waals surface area contributed by atoms with E-state index in [1.54, 1.807) is 0 Å². The van der Waals surface area contributed by atoms with Crippen LogP contribution in [-0.2, 0) is 0 Å². The molecule has 60 heavy (non-hydrogen) atoms. The van der Waals surface area contributed by atoms with Crippen LogP contribution in [0.25, 0.3) is 54.8 Å². The van der Waals surface area contributed by atoms with Crippen molar-refractivity contribution in [3.05, 3.63) is 169 Å². The Balaban J connectivity index is 0.994. The van der Waals surface area contributed by atoms with E-state index >= 15 is 0 Å². The van der Waals surface area contributed by atoms with Crippen LogP contribution >= 0.6 is 0 Å². The summed E-state index contributed by atoms with van der Waals surface area (Å²) in [5.74, 6) is 1.89. The summed E-state index contributed by atoms with van der Waals surface area (Å²) in [6.07, 6.45) is 3.96. The van der Waals surface area contributed by atoms with Crippen LogP contribution in [0.4, 0.5) is 11.4 Å². The molecule has 0 aliphatic carbocycles. The van der Waals surface area contributed by atoms with Crippen molar-refractivity contribution >= 4 is 55.4 Å². The first kappa shape index (κ1) is 37.6. The highest BCUT2D eigenvalue weighted by molar-refractivity contribution is 6.26. The molecule has 0 fully saturated rings. The molecular weight excluding hydrogens is 733 g/mol. The lowest BCUT2D eigenvalue weighted by Gasteiger charge is -2.41. The second-order valence-corrected chi connectivity index (χ2v) is 18.4. The summed E-state index contributed by atoms with van der Waals surface area (Å²) >= 11 is 0. The van der Waals surface area contributed by atoms with Gasteiger partial charge >= 0.3 is 0 Å². The van der Waals surface area contributed by atoms with Crippen molar-refractivity contribution < 1.29 is 0 Å². The second-order valence-electron chi connectivity index (χ2n) is 18.4. The minimum absolute atomic E-state index is 0.224. The number of amidine groups is 2. The summed E-state index contributed by atoms with van der Waals surface area (Å²) < 4.78 is 0. The molecule has 4 heterocycles. The molecule has 2 aliphatic rings. The van der Waals surface area contributed by atoms with Gasteiger partial charge in [-0.3, -0.25) is 20.0 Å². The Morgan fingerprint density at radius 1 is 0.350 bits per heavy atom. The van der Waals surface area contributed by atoms with Crippen molar-refractivity contribution in [1.29, 1.82) is 0 Å². The highest BCUT2D eigenvalue weighted by Crippen LogP contribution is 2.44. The third kappa shape index (κ3) is 5.76. The largest absolute Gasteiger partial charge is 0.318 e. The summed E-state index contributed by atoms with van der Waals surface area (Å²) in [6.45, 7) is 17.9. The zero-order valence-corrected chi connectivity index (χ0v) is 35.7. The summed E-state index contributed by atoms with van der Waals surface area (Å²) in [7, 11) is 0. The summed E-state index contributed by atoms with van der Waals surface area (Å²) in [6, 6.07) is 52.0. The maximum atomic E-state index is 5.27. The van der Waals surface area contributed by atoms with Crippen molar-refractivity contribution in [1.82, 2.24) is 9.97 Å². The van der Waals surface area contributed by atoms with Crippen LogP contribution in [0, 0.1) is 0 Å². The van der Waals surface area contributed by atoms with E-state index < -0.39 is 0 Å². The normalized spacial score (nSPS) is 17.7. The van der Waals surface area contributed by atoms with E-state index in [1.165, 1.54) is 32.3 Å². The van der Waals surface area contributed by atoms with Crippen molar-refractivity contribution in [3.63, 3.8) is 0 Å². The number of benzene rings is 6. The minimum Gasteiger partial charge on any atom is -0.318 e. The molecule has 6 heteroatoms. The first-order valence-corrected chi connectivity index (χ1v) is 21.0. The molecule has 0 saturated heterocycles. The Hall–Kier alpha value is -6.66. The van der Waals surface area contributed by atoms with E-state index in [0.717, 1.165) is 56.7 Å². The Kier molecular flexibility index (Phi) is 8.42. The molecule has 0 atom stereocenters. The monoisotopic (exact) mass is 782 g/mol. The standard InChI is InChI=1S/C54H50N6/c1-51(2)53(5,6)59(39-17-11-9-12-18-39)49(57-51)37-25-29-47(55-33-37)35-23-27-43-44-28-24-36(32-46(44)42-22-16-15-21-41(42)45(43)31-35)48-30-26-38(34-56-48)50-58-52(3,4)54(7,8)60(50)40-19-13-10-14-20-40/h9-34H,1-8H3. The third-order valence-corrected chi connectivity index (χ3v) is 13.8. The van der Waals surface area contributed by atoms with Gasteiger partial charge in [0, 0.05) is 46.0 Å². The van der Waals surface area contributed by atoms with Crippen LogP contribution in [0.15, 0.2) is 168 Å². The van der Waals surface area contributed by atoms with Crippen molar-refractivity contribution in [2.75, 3.05) is 9.80 Å². The van der Waals surface area contributed by atoms with Gasteiger partial charge in [-0.05, 0) is 148 Å². The van der Waals surface area contributed by atoms with Crippen LogP contribution in [-0.4, -0.2) is 43.8 Å². The Morgan fingerprint density at radius 3 is 1.07 bits per heavy atom. The molecule has 2 aromatic heterocycles. The van der Waals surface area contributed by atoms with Crippen molar-refractivity contribution in [2.45, 2.75) is 77.5 Å². The van der Waals surface area contributed by atoms with Gasteiger partial charge in [-0.2, -0.15) is 0 Å². The number of aromatic nitrogens is 2. The van der Waals surface area contributed by atoms with Gasteiger partial charge in [0.25, 0.3) is 0 Å². The number of para-hydroxylation sites is 2. The van der Waals surface area contributed by atoms with Gasteiger partial charge in [-0.15, -0.1) is 0 Å². The number of hydrogen-bond donors (Lipinski definition) is 0. The highest BCUT2D eigenvalue weighted by atomic mass is 15.3. The van der Waals surface area contributed by atoms with Gasteiger partial charge in [0.2, 0.25) is 0 Å². The quantitative estimate of drug-likeness (QED) is 0.158. The molecule has 10 rings (SSSR count). The summed E-state index contributed by atoms with van der Waals surface area (Å²) in [4.78, 5) is 25.4. The predicted molar refractivity (Wildman–Crippen MR) is 253 cm³/mol. The molecular formula is C54H50N6. The average Bonchev–Trinajstić information content (AvgIpc) is 3.58. The van der Waals surface area contributed by atoms with Crippen molar-refractivity contribution in [3.8, 4) is 22.5 Å². The van der Waals surface area contributed by atoms with Gasteiger partial charge in [-0.25, -0.2) is 0 Å². The smallest absolute Gasteiger partial charge is 0.138 e. The van der Waals surface area contributed by atoms with Crippen LogP contribution in [0.3, 0.4) is 0 Å². The molecule has 296 valence electrons. The van der Waals surface area contributed by atoms with E-state index in [1.807, 2.05) is 12.4 Å². The van der Waals surface area contributed by atoms with Crippen LogP contribution in [0.1, 0.15) is 66.5 Å². The summed E-state index contributed by atoms with van der Waals surface area (Å²) in [5.41, 5.74) is 7.28. The number of pyridine rings is 2. The number of fused-ring (bicyclic) bond motifs is 6. The molecule has 6 aromatic carbocycles. The van der Waals surface area contributed by atoms with E-state index in [2.05, 4.69) is 211 Å². The second kappa shape index (κ2) is 13.4. The summed E-state index contributed by atoms with van der Waals surface area (Å²) in [5, 5.41) is 7.28. The van der Waals surface area contributed by atoms with Crippen molar-refractivity contribution in [2.24, 2.45) is 9.98 Å². The molecule has 6 nitrogen and oxygen atoms in total. The fourth-order valence-corrected chi connectivity index (χ4v) is 9.08. The number of anilines is 2. The number of aliphatic imine (C=N–C) groups is 2. The Labute approximate surface area is 353 Å². The third-order valence-electron chi connectivity index (χ3n) is 13.8. The maximum absolute atomic E-state index is 5.27. The molecule has 0 saturated carbocycles. The zero-order chi connectivity index (χ0) is 41.6. The first-order chi connectivity index (χ1) is 28.7. The van der Waals surface area contributed by atoms with Gasteiger partial charge in [0.15, 0.2) is 0 Å². The van der Waals surface area contributed by atoms with Crippen LogP contribution in [0.2, 0.25) is 0 Å². The molecule has 2 aliphatic heterocycles. The molecule has 0 N–H and O–H groups in total. The van der Waals surface area contributed by atoms with Gasteiger partial charge in [-0.1, -0.05) is 84.9 Å². The van der Waals surface area contributed by atoms with Crippen LogP contribution < -0.4 is 9.80 Å². The molecule has 8 aromatic rings. The van der Waals surface area contributed by atoms with Gasteiger partial charge in [0.05, 0.1) is 33.5 Å². The van der Waals surface area contributed by atoms with Gasteiger partial charge < -0.3 is 9.80 Å². The molecule has 0 amide bonds. The zero-order valence-electron chi connectivity index (χ0n) is 35.7. The minimum atomic E-state index is -0.285. The fourth-order valence-electron chi connectivity index (χ4n) is 9.08. The molecule has 0 radical (unpaired) electrons. The average molecular weight is 783 g/mol. The van der Waals surface area contributed by atoms with E-state index in [4.69, 9.17) is 20.0 Å². The predicted octanol–water partition coefficient (Wildman–Crippen LogP) is 12.9. The van der Waals surface area contributed by atoms with E-state index in [9.17, 15) is 0 Å².